The van der Waals surface area contributed by atoms with Crippen molar-refractivity contribution in [3.63, 3.8) is 0 Å². The predicted molar refractivity (Wildman–Crippen MR) is 282 cm³/mol. The molecule has 0 aromatic carbocycles. The van der Waals surface area contributed by atoms with Crippen molar-refractivity contribution in [2.45, 2.75) is 185 Å². The Morgan fingerprint density at radius 3 is 2.30 bits per heavy atom. The second kappa shape index (κ2) is 28.9. The van der Waals surface area contributed by atoms with Gasteiger partial charge in [0, 0.05) is 81.0 Å². The van der Waals surface area contributed by atoms with Crippen molar-refractivity contribution in [3.05, 3.63) is 0 Å². The van der Waals surface area contributed by atoms with Gasteiger partial charge in [-0.3, -0.25) is 35.2 Å². The van der Waals surface area contributed by atoms with Crippen molar-refractivity contribution in [3.8, 4) is 0 Å². The van der Waals surface area contributed by atoms with E-state index < -0.39 is 29.5 Å². The molecule has 11 N–H and O–H groups in total. The molecule has 0 radical (unpaired) electrons. The monoisotopic (exact) mass is 1050 g/mol. The average Bonchev–Trinajstić information content (AvgIpc) is 4.24. The Hall–Kier alpha value is -2.29. The summed E-state index contributed by atoms with van der Waals surface area (Å²) in [7, 11) is 0. The van der Waals surface area contributed by atoms with Crippen LogP contribution in [0.2, 0.25) is 0 Å². The zero-order valence-corrected chi connectivity index (χ0v) is 45.8. The van der Waals surface area contributed by atoms with Gasteiger partial charge in [-0.05, 0) is 87.9 Å². The topological polar surface area (TPSA) is 246 Å². The molecule has 5 aliphatic heterocycles. The lowest BCUT2D eigenvalue weighted by atomic mass is 9.79. The zero-order chi connectivity index (χ0) is 51.9. The maximum Gasteiger partial charge on any atom is 0.246 e. The SMILES string of the molecule is CCC(CC)C1CC(N[C@H]2CC[C@H](NCC(=O)NCC3CN(CCOCCOCCOCC(=O)N[C@H](C(=O)N4C[C@H](O)C[C@H]4C(=O)NCC4CCC(C5SCNC5C)CC4)C(C)(C)C)NN3)C2)N2NCCC2N1. The van der Waals surface area contributed by atoms with Crippen LogP contribution in [-0.2, 0) is 33.4 Å². The Balaban J connectivity index is 0.684. The van der Waals surface area contributed by atoms with Gasteiger partial charge >= 0.3 is 0 Å². The maximum absolute atomic E-state index is 14.0. The molecule has 21 nitrogen and oxygen atoms in total. The minimum absolute atomic E-state index is 0.00507. The van der Waals surface area contributed by atoms with E-state index in [1.807, 2.05) is 37.5 Å². The summed E-state index contributed by atoms with van der Waals surface area (Å²) < 4.78 is 17.0. The van der Waals surface area contributed by atoms with E-state index in [-0.39, 0.29) is 56.5 Å². The highest BCUT2D eigenvalue weighted by Gasteiger charge is 2.45. The van der Waals surface area contributed by atoms with Gasteiger partial charge in [0.25, 0.3) is 0 Å². The standard InChI is InChI=1S/C51H95N13O8S/c1-7-35(8-2)41-25-44(64-43(58-41)15-16-56-64)57-38-14-13-37(23-38)52-28-45(66)53-27-39-29-62(61-60-39)17-18-70-19-20-71-21-22-72-31-46(67)59-48(51(4,5)6)50(69)63-30-40(65)24-42(63)49(68)54-26-34-9-11-36(12-10-34)47-33(3)55-32-73-47/h33-44,47-48,52,55-58,60-61,65H,7-32H2,1-6H3,(H,53,66)(H,54,68)(H,59,67)/t33?,34?,36?,37-,38-,39?,40+,41?,42-,43?,44?,47?,48+/m0/s1. The van der Waals surface area contributed by atoms with Crippen molar-refractivity contribution < 1.29 is 38.5 Å². The van der Waals surface area contributed by atoms with Crippen molar-refractivity contribution in [2.75, 3.05) is 91.3 Å². The molecule has 0 aromatic heterocycles. The highest BCUT2D eigenvalue weighted by atomic mass is 32.2. The number of thioether (sulfide) groups is 1. The number of likely N-dealkylation sites (tertiary alicyclic amines) is 1. The molecule has 7 fully saturated rings. The highest BCUT2D eigenvalue weighted by molar-refractivity contribution is 8.00. The molecule has 0 spiro atoms. The number of β-amino-alcohol motifs (C(OH)–C–C–N with tert-alkyl or cyclic N) is 1. The number of fused-ring (bicyclic) bond motifs is 1. The van der Waals surface area contributed by atoms with Crippen molar-refractivity contribution in [1.29, 1.82) is 0 Å². The molecule has 22 heteroatoms. The van der Waals surface area contributed by atoms with Crippen LogP contribution in [0.25, 0.3) is 0 Å². The van der Waals surface area contributed by atoms with Crippen LogP contribution in [0.5, 0.6) is 0 Å². The quantitative estimate of drug-likeness (QED) is 0.0488. The van der Waals surface area contributed by atoms with Crippen LogP contribution in [0.15, 0.2) is 0 Å². The molecule has 7 rings (SSSR count). The molecule has 4 amide bonds. The maximum atomic E-state index is 14.0. The van der Waals surface area contributed by atoms with Gasteiger partial charge < -0.3 is 50.8 Å². The lowest BCUT2D eigenvalue weighted by Crippen LogP contribution is -2.66. The van der Waals surface area contributed by atoms with Gasteiger partial charge in [-0.15, -0.1) is 11.8 Å². The Morgan fingerprint density at radius 1 is 0.836 bits per heavy atom. The van der Waals surface area contributed by atoms with E-state index in [0.717, 1.165) is 76.8 Å². The van der Waals surface area contributed by atoms with Crippen molar-refractivity contribution in [2.24, 2.45) is 23.2 Å². The number of aliphatic hydroxyl groups is 1. The zero-order valence-electron chi connectivity index (χ0n) is 45.0. The molecule has 0 bridgehead atoms. The largest absolute Gasteiger partial charge is 0.391 e. The number of nitrogens with zero attached hydrogens (tertiary/aromatic N) is 3. The first-order chi connectivity index (χ1) is 35.2. The van der Waals surface area contributed by atoms with E-state index in [1.165, 1.54) is 17.7 Å². The number of aliphatic hydroxyl groups excluding tert-OH is 1. The molecule has 7 aliphatic rings. The summed E-state index contributed by atoms with van der Waals surface area (Å²) in [5.74, 6) is 1.74. The van der Waals surface area contributed by atoms with Crippen LogP contribution in [0.1, 0.15) is 119 Å². The molecule has 2 aliphatic carbocycles. The van der Waals surface area contributed by atoms with Crippen LogP contribution in [0, 0.1) is 23.2 Å². The third-order valence-electron chi connectivity index (χ3n) is 16.6. The number of nitrogens with one attached hydrogen (secondary N) is 10. The predicted octanol–water partition coefficient (Wildman–Crippen LogP) is 0.0730. The minimum atomic E-state index is -0.920. The fourth-order valence-corrected chi connectivity index (χ4v) is 13.8. The number of hydrogen-bond acceptors (Lipinski definition) is 18. The Labute approximate surface area is 440 Å². The van der Waals surface area contributed by atoms with E-state index in [4.69, 9.17) is 14.2 Å². The average molecular weight is 1050 g/mol. The summed E-state index contributed by atoms with van der Waals surface area (Å²) in [4.78, 5) is 54.8. The summed E-state index contributed by atoms with van der Waals surface area (Å²) in [6, 6.07) is 0.203. The smallest absolute Gasteiger partial charge is 0.246 e. The second-order valence-electron chi connectivity index (χ2n) is 23.0. The molecule has 2 saturated carbocycles. The molecule has 73 heavy (non-hydrogen) atoms. The number of amides is 4. The summed E-state index contributed by atoms with van der Waals surface area (Å²) in [5.41, 5.74) is 9.36. The number of hydrazine groups is 3. The van der Waals surface area contributed by atoms with Gasteiger partial charge in [0.2, 0.25) is 23.6 Å². The van der Waals surface area contributed by atoms with Crippen LogP contribution in [-0.4, -0.2) is 201 Å². The third kappa shape index (κ3) is 17.4. The number of carbonyl (C=O) groups is 4. The first kappa shape index (κ1) is 58.4. The van der Waals surface area contributed by atoms with Crippen molar-refractivity contribution >= 4 is 35.4 Å². The van der Waals surface area contributed by atoms with Crippen LogP contribution in [0.3, 0.4) is 0 Å². The van der Waals surface area contributed by atoms with Crippen LogP contribution < -0.4 is 53.6 Å². The molecule has 5 saturated heterocycles. The normalized spacial score (nSPS) is 32.6. The molecular formula is C51H95N13O8S. The van der Waals surface area contributed by atoms with Gasteiger partial charge in [-0.2, -0.15) is 5.53 Å². The number of ether oxygens (including phenoxy) is 3. The van der Waals surface area contributed by atoms with Crippen LogP contribution in [0.4, 0.5) is 0 Å². The molecule has 6 unspecified atom stereocenters. The summed E-state index contributed by atoms with van der Waals surface area (Å²) in [5, 5.41) is 39.7. The van der Waals surface area contributed by atoms with E-state index in [9.17, 15) is 24.3 Å². The summed E-state index contributed by atoms with van der Waals surface area (Å²) >= 11 is 2.02. The van der Waals surface area contributed by atoms with Crippen LogP contribution >= 0.6 is 11.8 Å². The van der Waals surface area contributed by atoms with Gasteiger partial charge in [0.05, 0.1) is 64.1 Å². The van der Waals surface area contributed by atoms with E-state index in [1.54, 1.807) is 0 Å². The van der Waals surface area contributed by atoms with Gasteiger partial charge in [0.15, 0.2) is 0 Å². The molecule has 11 atom stereocenters. The first-order valence-corrected chi connectivity index (χ1v) is 29.2. The van der Waals surface area contributed by atoms with E-state index in [2.05, 4.69) is 79.4 Å². The van der Waals surface area contributed by atoms with Crippen molar-refractivity contribution in [1.82, 2.24) is 68.5 Å². The molecular weight excluding hydrogens is 955 g/mol. The summed E-state index contributed by atoms with van der Waals surface area (Å²) in [6.45, 7) is 17.8. The Kier molecular flexibility index (Phi) is 23.1. The minimum Gasteiger partial charge on any atom is -0.391 e. The number of hydrogen-bond donors (Lipinski definition) is 11. The fraction of sp³-hybridized carbons (Fsp3) is 0.922. The third-order valence-corrected chi connectivity index (χ3v) is 18.1. The first-order valence-electron chi connectivity index (χ1n) is 28.1. The van der Waals surface area contributed by atoms with Gasteiger partial charge in [-0.1, -0.05) is 47.5 Å². The van der Waals surface area contributed by atoms with E-state index in [0.29, 0.717) is 106 Å². The number of rotatable bonds is 27. The molecule has 0 aromatic rings. The Morgan fingerprint density at radius 2 is 1.58 bits per heavy atom. The Bertz CT molecular complexity index is 1730. The lowest BCUT2D eigenvalue weighted by Gasteiger charge is -2.45. The number of carbonyl (C=O) groups excluding carboxylic acids is 4. The fourth-order valence-electron chi connectivity index (χ4n) is 12.3. The second-order valence-corrected chi connectivity index (χ2v) is 24.2. The molecule has 5 heterocycles. The van der Waals surface area contributed by atoms with E-state index >= 15 is 0 Å². The lowest BCUT2D eigenvalue weighted by molar-refractivity contribution is -0.144. The highest BCUT2D eigenvalue weighted by Crippen LogP contribution is 2.39. The van der Waals surface area contributed by atoms with Gasteiger partial charge in [0.1, 0.15) is 18.7 Å². The molecule has 418 valence electrons. The van der Waals surface area contributed by atoms with Gasteiger partial charge in [-0.25, -0.2) is 15.4 Å². The summed E-state index contributed by atoms with van der Waals surface area (Å²) in [6.07, 6.45) is 12.4.